The van der Waals surface area contributed by atoms with Gasteiger partial charge >= 0.3 is 6.18 Å². The number of hydrogen-bond acceptors (Lipinski definition) is 2. The molecule has 126 valence electrons. The predicted octanol–water partition coefficient (Wildman–Crippen LogP) is 5.40. The van der Waals surface area contributed by atoms with Gasteiger partial charge in [0.15, 0.2) is 5.82 Å². The second-order valence-corrected chi connectivity index (χ2v) is 6.32. The van der Waals surface area contributed by atoms with E-state index >= 15 is 0 Å². The molecule has 0 fully saturated rings. The number of rotatable bonds is 2. The maximum absolute atomic E-state index is 13.0. The Kier molecular flexibility index (Phi) is 3.64. The van der Waals surface area contributed by atoms with Crippen LogP contribution in [0, 0.1) is 0 Å². The van der Waals surface area contributed by atoms with Gasteiger partial charge in [0, 0.05) is 10.0 Å². The molecular formula is C17H10BrF3N4. The Morgan fingerprint density at radius 1 is 1.00 bits per heavy atom. The van der Waals surface area contributed by atoms with Gasteiger partial charge in [0.25, 0.3) is 0 Å². The van der Waals surface area contributed by atoms with Crippen LogP contribution in [0.4, 0.5) is 13.2 Å². The molecule has 2 aromatic heterocycles. The highest BCUT2D eigenvalue weighted by molar-refractivity contribution is 9.10. The van der Waals surface area contributed by atoms with Gasteiger partial charge in [-0.1, -0.05) is 46.3 Å². The Morgan fingerprint density at radius 2 is 1.76 bits per heavy atom. The van der Waals surface area contributed by atoms with Gasteiger partial charge in [-0.15, -0.1) is 0 Å². The molecule has 2 aromatic carbocycles. The van der Waals surface area contributed by atoms with Crippen LogP contribution in [0.2, 0.25) is 0 Å². The van der Waals surface area contributed by atoms with E-state index in [0.29, 0.717) is 22.6 Å². The molecular weight excluding hydrogens is 397 g/mol. The highest BCUT2D eigenvalue weighted by Gasteiger charge is 2.33. The van der Waals surface area contributed by atoms with Crippen molar-refractivity contribution in [2.75, 3.05) is 0 Å². The number of aromatic amines is 2. The van der Waals surface area contributed by atoms with Crippen LogP contribution in [-0.4, -0.2) is 20.2 Å². The molecule has 4 aromatic rings. The largest absolute Gasteiger partial charge is 0.417 e. The van der Waals surface area contributed by atoms with Gasteiger partial charge in [0.2, 0.25) is 0 Å². The topological polar surface area (TPSA) is 57.4 Å². The Bertz CT molecular complexity index is 1050. The molecule has 0 saturated carbocycles. The molecule has 0 bridgehead atoms. The van der Waals surface area contributed by atoms with Gasteiger partial charge < -0.3 is 4.98 Å². The average molecular weight is 407 g/mol. The Morgan fingerprint density at radius 3 is 2.48 bits per heavy atom. The fourth-order valence-corrected chi connectivity index (χ4v) is 3.13. The number of fused-ring (bicyclic) bond motifs is 1. The summed E-state index contributed by atoms with van der Waals surface area (Å²) in [5.74, 6) is 0.427. The second kappa shape index (κ2) is 5.73. The first-order valence-electron chi connectivity index (χ1n) is 7.29. The van der Waals surface area contributed by atoms with E-state index in [1.807, 2.05) is 30.3 Å². The van der Waals surface area contributed by atoms with E-state index in [1.54, 1.807) is 6.07 Å². The number of halogens is 4. The molecule has 2 heterocycles. The van der Waals surface area contributed by atoms with Crippen LogP contribution in [0.1, 0.15) is 5.56 Å². The van der Waals surface area contributed by atoms with Crippen molar-refractivity contribution in [3.8, 4) is 22.8 Å². The lowest BCUT2D eigenvalue weighted by molar-refractivity contribution is -0.138. The molecule has 0 aliphatic carbocycles. The van der Waals surface area contributed by atoms with Crippen LogP contribution in [0.15, 0.2) is 53.0 Å². The molecule has 0 aliphatic rings. The van der Waals surface area contributed by atoms with Crippen molar-refractivity contribution in [2.24, 2.45) is 0 Å². The van der Waals surface area contributed by atoms with E-state index in [0.717, 1.165) is 17.3 Å². The highest BCUT2D eigenvalue weighted by Crippen LogP contribution is 2.37. The molecule has 8 heteroatoms. The van der Waals surface area contributed by atoms with Crippen molar-refractivity contribution in [1.82, 2.24) is 20.2 Å². The molecule has 0 unspecified atom stereocenters. The molecule has 25 heavy (non-hydrogen) atoms. The number of nitrogens with zero attached hydrogens (tertiary/aromatic N) is 2. The maximum Gasteiger partial charge on any atom is 0.417 e. The van der Waals surface area contributed by atoms with Crippen LogP contribution in [0.3, 0.4) is 0 Å². The molecule has 0 aliphatic heterocycles. The first-order valence-corrected chi connectivity index (χ1v) is 8.09. The number of alkyl halides is 3. The van der Waals surface area contributed by atoms with Gasteiger partial charge in [-0.25, -0.2) is 4.98 Å². The van der Waals surface area contributed by atoms with E-state index in [4.69, 9.17) is 0 Å². The second-order valence-electron chi connectivity index (χ2n) is 5.47. The zero-order chi connectivity index (χ0) is 17.6. The van der Waals surface area contributed by atoms with Crippen molar-refractivity contribution in [2.45, 2.75) is 6.18 Å². The van der Waals surface area contributed by atoms with Gasteiger partial charge in [-0.05, 0) is 18.2 Å². The zero-order valence-corrected chi connectivity index (χ0v) is 14.1. The number of imidazole rings is 1. The molecule has 2 N–H and O–H groups in total. The quantitative estimate of drug-likeness (QED) is 0.468. The minimum Gasteiger partial charge on any atom is -0.337 e. The summed E-state index contributed by atoms with van der Waals surface area (Å²) in [6.07, 6.45) is -4.44. The number of hydrogen-bond donors (Lipinski definition) is 2. The van der Waals surface area contributed by atoms with Crippen molar-refractivity contribution < 1.29 is 13.2 Å². The predicted molar refractivity (Wildman–Crippen MR) is 91.8 cm³/mol. The van der Waals surface area contributed by atoms with Gasteiger partial charge in [-0.2, -0.15) is 18.3 Å². The average Bonchev–Trinajstić information content (AvgIpc) is 3.20. The van der Waals surface area contributed by atoms with Crippen LogP contribution in [-0.2, 0) is 6.18 Å². The summed E-state index contributed by atoms with van der Waals surface area (Å²) in [5, 5.41) is 7.10. The molecule has 4 rings (SSSR count). The standard InChI is InChI=1S/C17H10BrF3N4/c18-11-7-14-13(6-10(11)17(19,20)21)22-16(23-14)15-8-12(24-25-15)9-4-2-1-3-5-9/h1-8H,(H,22,23)(H,24,25). The van der Waals surface area contributed by atoms with E-state index in [1.165, 1.54) is 6.07 Å². The molecule has 0 spiro atoms. The third kappa shape index (κ3) is 2.93. The lowest BCUT2D eigenvalue weighted by Crippen LogP contribution is -2.05. The minimum atomic E-state index is -4.44. The van der Waals surface area contributed by atoms with Crippen molar-refractivity contribution in [3.05, 3.63) is 58.6 Å². The molecule has 0 radical (unpaired) electrons. The van der Waals surface area contributed by atoms with E-state index in [2.05, 4.69) is 36.1 Å². The number of aromatic nitrogens is 4. The summed E-state index contributed by atoms with van der Waals surface area (Å²) in [4.78, 5) is 7.26. The summed E-state index contributed by atoms with van der Waals surface area (Å²) in [5.41, 5.74) is 2.26. The third-order valence-electron chi connectivity index (χ3n) is 3.78. The van der Waals surface area contributed by atoms with Crippen LogP contribution in [0.25, 0.3) is 33.8 Å². The number of nitrogens with one attached hydrogen (secondary N) is 2. The van der Waals surface area contributed by atoms with Gasteiger partial charge in [0.05, 0.1) is 22.3 Å². The Balaban J connectivity index is 1.77. The van der Waals surface area contributed by atoms with E-state index in [9.17, 15) is 13.2 Å². The first kappa shape index (κ1) is 15.9. The summed E-state index contributed by atoms with van der Waals surface area (Å²) in [6.45, 7) is 0. The van der Waals surface area contributed by atoms with Gasteiger partial charge in [-0.3, -0.25) is 5.10 Å². The third-order valence-corrected chi connectivity index (χ3v) is 4.43. The Hall–Kier alpha value is -2.61. The van der Waals surface area contributed by atoms with E-state index in [-0.39, 0.29) is 4.47 Å². The minimum absolute atomic E-state index is 0.0415. The van der Waals surface area contributed by atoms with Crippen LogP contribution in [0.5, 0.6) is 0 Å². The van der Waals surface area contributed by atoms with Gasteiger partial charge in [0.1, 0.15) is 5.69 Å². The van der Waals surface area contributed by atoms with Crippen LogP contribution < -0.4 is 0 Å². The van der Waals surface area contributed by atoms with Crippen molar-refractivity contribution in [1.29, 1.82) is 0 Å². The fraction of sp³-hybridized carbons (Fsp3) is 0.0588. The zero-order valence-electron chi connectivity index (χ0n) is 12.5. The van der Waals surface area contributed by atoms with Crippen LogP contribution >= 0.6 is 15.9 Å². The summed E-state index contributed by atoms with van der Waals surface area (Å²) in [6, 6.07) is 13.8. The Labute approximate surface area is 148 Å². The fourth-order valence-electron chi connectivity index (χ4n) is 2.58. The summed E-state index contributed by atoms with van der Waals surface area (Å²) in [7, 11) is 0. The number of benzene rings is 2. The highest BCUT2D eigenvalue weighted by atomic mass is 79.9. The smallest absolute Gasteiger partial charge is 0.337 e. The summed E-state index contributed by atoms with van der Waals surface area (Å²) >= 11 is 2.96. The molecule has 4 nitrogen and oxygen atoms in total. The lowest BCUT2D eigenvalue weighted by Gasteiger charge is -2.08. The van der Waals surface area contributed by atoms with Crippen molar-refractivity contribution in [3.63, 3.8) is 0 Å². The lowest BCUT2D eigenvalue weighted by atomic mass is 10.1. The number of H-pyrrole nitrogens is 2. The maximum atomic E-state index is 13.0. The molecule has 0 saturated heterocycles. The molecule has 0 atom stereocenters. The summed E-state index contributed by atoms with van der Waals surface area (Å²) < 4.78 is 39.0. The normalized spacial score (nSPS) is 12.0. The SMILES string of the molecule is FC(F)(F)c1cc2[nH]c(-c3cc(-c4ccccc4)n[nH]3)nc2cc1Br. The van der Waals surface area contributed by atoms with Crippen molar-refractivity contribution >= 4 is 27.0 Å². The monoisotopic (exact) mass is 406 g/mol. The first-order chi connectivity index (χ1) is 11.9. The van der Waals surface area contributed by atoms with E-state index < -0.39 is 11.7 Å². The molecule has 0 amide bonds.